The number of benzene rings is 2. The largest absolute Gasteiger partial charge is 0.393 e. The molecule has 4 heteroatoms. The van der Waals surface area contributed by atoms with E-state index >= 15 is 0 Å². The Labute approximate surface area is 177 Å². The first kappa shape index (κ1) is 23.6. The van der Waals surface area contributed by atoms with Gasteiger partial charge in [-0.3, -0.25) is 0 Å². The van der Waals surface area contributed by atoms with Gasteiger partial charge in [0.15, 0.2) is 0 Å². The van der Waals surface area contributed by atoms with Crippen molar-refractivity contribution < 1.29 is 14.6 Å². The molecule has 158 valence electrons. The molecule has 0 aliphatic heterocycles. The Balaban J connectivity index is 2.18. The first-order valence-corrected chi connectivity index (χ1v) is 13.5. The molecule has 0 aliphatic carbocycles. The lowest BCUT2D eigenvalue weighted by Crippen LogP contribution is -2.46. The van der Waals surface area contributed by atoms with Crippen molar-refractivity contribution in [3.63, 3.8) is 0 Å². The lowest BCUT2D eigenvalue weighted by atomic mass is 10.0. The van der Waals surface area contributed by atoms with Crippen LogP contribution in [0.3, 0.4) is 0 Å². The molecule has 0 heterocycles. The molecule has 0 aliphatic rings. The van der Waals surface area contributed by atoms with Crippen molar-refractivity contribution in [3.8, 4) is 0 Å². The highest BCUT2D eigenvalue weighted by molar-refractivity contribution is 6.91. The fourth-order valence-electron chi connectivity index (χ4n) is 3.42. The summed E-state index contributed by atoms with van der Waals surface area (Å²) < 4.78 is 10.3. The van der Waals surface area contributed by atoms with Gasteiger partial charge in [0, 0.05) is 7.11 Å². The molecule has 0 fully saturated rings. The number of ether oxygens (including phenoxy) is 2. The Kier molecular flexibility index (Phi) is 9.31. The Morgan fingerprint density at radius 3 is 2.24 bits per heavy atom. The summed E-state index contributed by atoms with van der Waals surface area (Å²) in [5, 5.41) is 12.0. The molecule has 2 rings (SSSR count). The summed E-state index contributed by atoms with van der Waals surface area (Å²) in [4.78, 5) is 0. The van der Waals surface area contributed by atoms with Crippen LogP contribution in [0.4, 0.5) is 0 Å². The van der Waals surface area contributed by atoms with Crippen LogP contribution in [0.1, 0.15) is 31.4 Å². The first-order chi connectivity index (χ1) is 13.8. The predicted octanol–water partition coefficient (Wildman–Crippen LogP) is 5.21. The van der Waals surface area contributed by atoms with E-state index in [0.717, 1.165) is 12.0 Å². The second-order valence-corrected chi connectivity index (χ2v) is 13.4. The summed E-state index contributed by atoms with van der Waals surface area (Å²) in [5.41, 5.74) is 2.65. The zero-order valence-corrected chi connectivity index (χ0v) is 19.5. The Bertz CT molecular complexity index is 738. The Morgan fingerprint density at radius 1 is 1.00 bits per heavy atom. The summed E-state index contributed by atoms with van der Waals surface area (Å²) in [6, 6.07) is 19.2. The zero-order chi connectivity index (χ0) is 21.3. The van der Waals surface area contributed by atoms with Crippen molar-refractivity contribution >= 4 is 19.3 Å². The second-order valence-electron chi connectivity index (χ2n) is 8.60. The summed E-state index contributed by atoms with van der Waals surface area (Å²) in [5.74, 6) is 0.262. The van der Waals surface area contributed by atoms with Gasteiger partial charge < -0.3 is 14.6 Å². The van der Waals surface area contributed by atoms with Crippen LogP contribution in [0.2, 0.25) is 18.6 Å². The van der Waals surface area contributed by atoms with Crippen LogP contribution in [0.25, 0.3) is 6.08 Å². The van der Waals surface area contributed by atoms with E-state index in [4.69, 9.17) is 9.47 Å². The SMILES string of the molecule is COCOCc1ccc(/C=C/[C@@H](C[C@H](O)C(C)C)[Si](C)(C)c2ccccc2)cc1. The number of rotatable bonds is 11. The Morgan fingerprint density at radius 2 is 1.66 bits per heavy atom. The number of allylic oxidation sites excluding steroid dienone is 1. The van der Waals surface area contributed by atoms with Gasteiger partial charge in [-0.05, 0) is 29.0 Å². The number of methoxy groups -OCH3 is 1. The van der Waals surface area contributed by atoms with E-state index in [0.29, 0.717) is 18.9 Å². The summed E-state index contributed by atoms with van der Waals surface area (Å²) in [6.45, 7) is 9.84. The molecule has 2 aromatic rings. The number of hydrogen-bond donors (Lipinski definition) is 1. The van der Waals surface area contributed by atoms with E-state index in [-0.39, 0.29) is 12.0 Å². The minimum absolute atomic E-state index is 0.262. The van der Waals surface area contributed by atoms with Crippen LogP contribution in [0.5, 0.6) is 0 Å². The molecule has 2 aromatic carbocycles. The molecular weight excluding hydrogens is 376 g/mol. The average Bonchev–Trinajstić information content (AvgIpc) is 2.72. The van der Waals surface area contributed by atoms with Crippen LogP contribution in [-0.4, -0.2) is 33.2 Å². The van der Waals surface area contributed by atoms with E-state index in [9.17, 15) is 5.11 Å². The molecule has 0 saturated carbocycles. The maximum Gasteiger partial charge on any atom is 0.146 e. The molecule has 0 unspecified atom stereocenters. The van der Waals surface area contributed by atoms with Gasteiger partial charge in [-0.2, -0.15) is 0 Å². The molecule has 2 atom stereocenters. The van der Waals surface area contributed by atoms with Gasteiger partial charge in [0.2, 0.25) is 0 Å². The van der Waals surface area contributed by atoms with Gasteiger partial charge in [0.05, 0.1) is 20.8 Å². The van der Waals surface area contributed by atoms with Crippen LogP contribution in [0, 0.1) is 5.92 Å². The van der Waals surface area contributed by atoms with Crippen molar-refractivity contribution in [2.24, 2.45) is 5.92 Å². The van der Waals surface area contributed by atoms with Gasteiger partial charge in [-0.25, -0.2) is 0 Å². The third-order valence-corrected chi connectivity index (χ3v) is 9.78. The minimum Gasteiger partial charge on any atom is -0.393 e. The van der Waals surface area contributed by atoms with Crippen molar-refractivity contribution in [1.82, 2.24) is 0 Å². The van der Waals surface area contributed by atoms with Gasteiger partial charge in [0.1, 0.15) is 6.79 Å². The lowest BCUT2D eigenvalue weighted by Gasteiger charge is -2.33. The molecule has 0 amide bonds. The van der Waals surface area contributed by atoms with E-state index in [1.807, 2.05) is 0 Å². The zero-order valence-electron chi connectivity index (χ0n) is 18.5. The van der Waals surface area contributed by atoms with Crippen LogP contribution in [-0.2, 0) is 16.1 Å². The van der Waals surface area contributed by atoms with Gasteiger partial charge in [-0.15, -0.1) is 0 Å². The van der Waals surface area contributed by atoms with Crippen LogP contribution >= 0.6 is 0 Å². The fraction of sp³-hybridized carbons (Fsp3) is 0.440. The van der Waals surface area contributed by atoms with Crippen LogP contribution in [0.15, 0.2) is 60.7 Å². The highest BCUT2D eigenvalue weighted by Gasteiger charge is 2.33. The van der Waals surface area contributed by atoms with E-state index < -0.39 is 8.07 Å². The fourth-order valence-corrected chi connectivity index (χ4v) is 6.31. The molecule has 0 spiro atoms. The molecule has 29 heavy (non-hydrogen) atoms. The molecule has 0 bridgehead atoms. The van der Waals surface area contributed by atoms with Gasteiger partial charge in [0.25, 0.3) is 0 Å². The number of aliphatic hydroxyl groups is 1. The maximum atomic E-state index is 10.6. The van der Waals surface area contributed by atoms with E-state index in [1.54, 1.807) is 7.11 Å². The second kappa shape index (κ2) is 11.5. The maximum absolute atomic E-state index is 10.6. The molecule has 0 radical (unpaired) electrons. The predicted molar refractivity (Wildman–Crippen MR) is 125 cm³/mol. The highest BCUT2D eigenvalue weighted by Crippen LogP contribution is 2.31. The summed E-state index contributed by atoms with van der Waals surface area (Å²) in [7, 11) is -0.159. The molecule has 1 N–H and O–H groups in total. The lowest BCUT2D eigenvalue weighted by molar-refractivity contribution is -0.0390. The third-order valence-electron chi connectivity index (χ3n) is 5.68. The van der Waals surface area contributed by atoms with E-state index in [1.165, 1.54) is 10.8 Å². The normalized spacial score (nSPS) is 14.4. The first-order valence-electron chi connectivity index (χ1n) is 10.4. The van der Waals surface area contributed by atoms with Crippen molar-refractivity contribution in [2.45, 2.75) is 51.6 Å². The molecular formula is C25H36O3Si. The molecule has 0 aromatic heterocycles. The summed E-state index contributed by atoms with van der Waals surface area (Å²) >= 11 is 0. The molecule has 0 saturated heterocycles. The van der Waals surface area contributed by atoms with Gasteiger partial charge >= 0.3 is 0 Å². The highest BCUT2D eigenvalue weighted by atomic mass is 28.3. The smallest absolute Gasteiger partial charge is 0.146 e. The average molecular weight is 413 g/mol. The number of hydrogen-bond acceptors (Lipinski definition) is 3. The van der Waals surface area contributed by atoms with Crippen molar-refractivity contribution in [3.05, 3.63) is 71.8 Å². The third kappa shape index (κ3) is 7.23. The van der Waals surface area contributed by atoms with Crippen molar-refractivity contribution in [1.29, 1.82) is 0 Å². The van der Waals surface area contributed by atoms with E-state index in [2.05, 4.69) is 93.7 Å². The topological polar surface area (TPSA) is 38.7 Å². The Hall–Kier alpha value is -1.72. The van der Waals surface area contributed by atoms with Crippen molar-refractivity contribution in [2.75, 3.05) is 13.9 Å². The molecule has 3 nitrogen and oxygen atoms in total. The quantitative estimate of drug-likeness (QED) is 0.313. The standard InChI is InChI=1S/C25H36O3Si/c1-20(2)25(26)17-24(29(4,5)23-9-7-6-8-10-23)16-15-21-11-13-22(14-12-21)18-28-19-27-3/h6-16,20,24-26H,17-19H2,1-5H3/b16-15+/t24-,25-/m0/s1. The van der Waals surface area contributed by atoms with Gasteiger partial charge in [-0.1, -0.05) is 98.9 Å². The number of aliphatic hydroxyl groups excluding tert-OH is 1. The van der Waals surface area contributed by atoms with Crippen LogP contribution < -0.4 is 5.19 Å². The monoisotopic (exact) mass is 412 g/mol. The summed E-state index contributed by atoms with van der Waals surface area (Å²) in [6.07, 6.45) is 5.03. The minimum atomic E-state index is -1.78.